The lowest BCUT2D eigenvalue weighted by molar-refractivity contribution is -0.127. The second kappa shape index (κ2) is 7.67. The first-order valence-electron chi connectivity index (χ1n) is 8.07. The van der Waals surface area contributed by atoms with Crippen molar-refractivity contribution in [2.24, 2.45) is 0 Å². The van der Waals surface area contributed by atoms with Crippen molar-refractivity contribution in [2.75, 3.05) is 26.2 Å². The van der Waals surface area contributed by atoms with Crippen LogP contribution in [-0.2, 0) is 17.8 Å². The van der Waals surface area contributed by atoms with Gasteiger partial charge in [-0.2, -0.15) is 4.98 Å². The Morgan fingerprint density at radius 1 is 1.33 bits per heavy atom. The molecule has 0 aliphatic carbocycles. The van der Waals surface area contributed by atoms with E-state index in [1.807, 2.05) is 24.1 Å². The van der Waals surface area contributed by atoms with Gasteiger partial charge in [0, 0.05) is 44.1 Å². The highest BCUT2D eigenvalue weighted by Crippen LogP contribution is 2.11. The third-order valence-electron chi connectivity index (χ3n) is 3.90. The molecular formula is C16H21N5O2S. The van der Waals surface area contributed by atoms with Crippen LogP contribution in [-0.4, -0.2) is 57.0 Å². The van der Waals surface area contributed by atoms with Crippen LogP contribution in [0.25, 0.3) is 6.08 Å². The van der Waals surface area contributed by atoms with Gasteiger partial charge < -0.3 is 9.42 Å². The molecule has 0 bridgehead atoms. The normalized spacial score (nSPS) is 16.2. The molecule has 3 heterocycles. The first kappa shape index (κ1) is 16.8. The highest BCUT2D eigenvalue weighted by molar-refractivity contribution is 7.09. The molecule has 1 amide bonds. The largest absolute Gasteiger partial charge is 0.339 e. The van der Waals surface area contributed by atoms with Gasteiger partial charge in [0.1, 0.15) is 0 Å². The second-order valence-corrected chi connectivity index (χ2v) is 6.75. The highest BCUT2D eigenvalue weighted by atomic mass is 32.1. The monoisotopic (exact) mass is 347 g/mol. The number of nitrogens with zero attached hydrogens (tertiary/aromatic N) is 5. The molecule has 0 saturated carbocycles. The summed E-state index contributed by atoms with van der Waals surface area (Å²) in [7, 11) is 0. The van der Waals surface area contributed by atoms with Gasteiger partial charge in [0.25, 0.3) is 0 Å². The number of aryl methyl sites for hydroxylation is 2. The summed E-state index contributed by atoms with van der Waals surface area (Å²) in [4.78, 5) is 25.0. The molecule has 7 nitrogen and oxygen atoms in total. The molecule has 0 aromatic carbocycles. The van der Waals surface area contributed by atoms with E-state index in [0.29, 0.717) is 31.3 Å². The van der Waals surface area contributed by atoms with Crippen molar-refractivity contribution < 1.29 is 9.32 Å². The van der Waals surface area contributed by atoms with E-state index in [4.69, 9.17) is 4.52 Å². The van der Waals surface area contributed by atoms with Gasteiger partial charge in [0.15, 0.2) is 5.82 Å². The summed E-state index contributed by atoms with van der Waals surface area (Å²) < 4.78 is 5.12. The average molecular weight is 347 g/mol. The Bertz CT molecular complexity index is 716. The Hall–Kier alpha value is -2.06. The van der Waals surface area contributed by atoms with Gasteiger partial charge in [-0.3, -0.25) is 9.69 Å². The van der Waals surface area contributed by atoms with E-state index in [9.17, 15) is 4.79 Å². The minimum atomic E-state index is 0.0353. The smallest absolute Gasteiger partial charge is 0.246 e. The van der Waals surface area contributed by atoms with Crippen LogP contribution >= 0.6 is 11.3 Å². The fourth-order valence-corrected chi connectivity index (χ4v) is 3.12. The molecule has 3 rings (SSSR count). The standard InChI is InChI=1S/C16H21N5O2S/c1-3-15-18-14(19-23-15)10-20-6-8-21(9-7-20)16(22)5-4-13-11-24-12(2)17-13/h4-5,11H,3,6-10H2,1-2H3/b5-4+. The molecule has 8 heteroatoms. The van der Waals surface area contributed by atoms with E-state index in [1.165, 1.54) is 0 Å². The molecule has 1 aliphatic rings. The summed E-state index contributed by atoms with van der Waals surface area (Å²) in [5.74, 6) is 1.42. The minimum Gasteiger partial charge on any atom is -0.339 e. The summed E-state index contributed by atoms with van der Waals surface area (Å²) in [5, 5.41) is 6.93. The van der Waals surface area contributed by atoms with Crippen LogP contribution in [0.2, 0.25) is 0 Å². The van der Waals surface area contributed by atoms with Crippen molar-refractivity contribution in [1.82, 2.24) is 24.9 Å². The van der Waals surface area contributed by atoms with Crippen LogP contribution in [0.4, 0.5) is 0 Å². The van der Waals surface area contributed by atoms with Crippen molar-refractivity contribution in [2.45, 2.75) is 26.8 Å². The van der Waals surface area contributed by atoms with Crippen molar-refractivity contribution in [1.29, 1.82) is 0 Å². The molecular weight excluding hydrogens is 326 g/mol. The van der Waals surface area contributed by atoms with Crippen molar-refractivity contribution in [3.8, 4) is 0 Å². The van der Waals surface area contributed by atoms with Crippen LogP contribution in [0.3, 0.4) is 0 Å². The van der Waals surface area contributed by atoms with Gasteiger partial charge in [-0.15, -0.1) is 11.3 Å². The van der Waals surface area contributed by atoms with Crippen LogP contribution in [0.5, 0.6) is 0 Å². The lowest BCUT2D eigenvalue weighted by atomic mass is 10.3. The quantitative estimate of drug-likeness (QED) is 0.767. The number of hydrogen-bond donors (Lipinski definition) is 0. The number of carbonyl (C=O) groups is 1. The lowest BCUT2D eigenvalue weighted by Crippen LogP contribution is -2.47. The van der Waals surface area contributed by atoms with E-state index < -0.39 is 0 Å². The number of thiazole rings is 1. The molecule has 2 aromatic heterocycles. The molecule has 1 aliphatic heterocycles. The molecule has 1 fully saturated rings. The van der Waals surface area contributed by atoms with Crippen molar-refractivity contribution in [3.05, 3.63) is 33.9 Å². The van der Waals surface area contributed by atoms with Crippen LogP contribution in [0, 0.1) is 6.92 Å². The zero-order valence-electron chi connectivity index (χ0n) is 13.9. The predicted molar refractivity (Wildman–Crippen MR) is 91.4 cm³/mol. The Morgan fingerprint density at radius 2 is 2.12 bits per heavy atom. The third kappa shape index (κ3) is 4.27. The van der Waals surface area contributed by atoms with E-state index in [1.54, 1.807) is 23.5 Å². The van der Waals surface area contributed by atoms with E-state index in [-0.39, 0.29) is 5.91 Å². The molecule has 1 saturated heterocycles. The van der Waals surface area contributed by atoms with Gasteiger partial charge in [-0.05, 0) is 13.0 Å². The predicted octanol–water partition coefficient (Wildman–Crippen LogP) is 1.75. The summed E-state index contributed by atoms with van der Waals surface area (Å²) in [6, 6.07) is 0. The molecule has 0 N–H and O–H groups in total. The summed E-state index contributed by atoms with van der Waals surface area (Å²) in [5.41, 5.74) is 0.841. The fraction of sp³-hybridized carbons (Fsp3) is 0.500. The first-order valence-corrected chi connectivity index (χ1v) is 8.95. The Morgan fingerprint density at radius 3 is 2.75 bits per heavy atom. The van der Waals surface area contributed by atoms with Crippen LogP contribution < -0.4 is 0 Å². The van der Waals surface area contributed by atoms with Crippen molar-refractivity contribution in [3.63, 3.8) is 0 Å². The van der Waals surface area contributed by atoms with E-state index in [2.05, 4.69) is 20.0 Å². The van der Waals surface area contributed by atoms with E-state index in [0.717, 1.165) is 30.2 Å². The van der Waals surface area contributed by atoms with Gasteiger partial charge in [-0.25, -0.2) is 4.98 Å². The first-order chi connectivity index (χ1) is 11.6. The van der Waals surface area contributed by atoms with Gasteiger partial charge in [0.05, 0.1) is 17.2 Å². The van der Waals surface area contributed by atoms with Crippen LogP contribution in [0.1, 0.15) is 29.3 Å². The molecule has 128 valence electrons. The summed E-state index contributed by atoms with van der Waals surface area (Å²) in [6.45, 7) is 7.64. The highest BCUT2D eigenvalue weighted by Gasteiger charge is 2.21. The number of amides is 1. The molecule has 0 unspecified atom stereocenters. The number of hydrogen-bond acceptors (Lipinski definition) is 7. The number of carbonyl (C=O) groups excluding carboxylic acids is 1. The van der Waals surface area contributed by atoms with Crippen molar-refractivity contribution >= 4 is 23.3 Å². The van der Waals surface area contributed by atoms with Crippen LogP contribution in [0.15, 0.2) is 16.0 Å². The zero-order valence-corrected chi connectivity index (χ0v) is 14.8. The SMILES string of the molecule is CCc1nc(CN2CCN(C(=O)/C=C/c3csc(C)n3)CC2)no1. The van der Waals surface area contributed by atoms with E-state index >= 15 is 0 Å². The maximum Gasteiger partial charge on any atom is 0.246 e. The third-order valence-corrected chi connectivity index (χ3v) is 4.69. The topological polar surface area (TPSA) is 75.4 Å². The molecule has 0 spiro atoms. The second-order valence-electron chi connectivity index (χ2n) is 5.68. The van der Waals surface area contributed by atoms with Gasteiger partial charge in [0.2, 0.25) is 11.8 Å². The number of rotatable bonds is 5. The van der Waals surface area contributed by atoms with Gasteiger partial charge in [-0.1, -0.05) is 12.1 Å². The zero-order chi connectivity index (χ0) is 16.9. The molecule has 2 aromatic rings. The molecule has 0 radical (unpaired) electrons. The average Bonchev–Trinajstić information content (AvgIpc) is 3.22. The maximum absolute atomic E-state index is 12.2. The number of aromatic nitrogens is 3. The Labute approximate surface area is 145 Å². The number of piperazine rings is 1. The summed E-state index contributed by atoms with van der Waals surface area (Å²) >= 11 is 1.58. The van der Waals surface area contributed by atoms with Gasteiger partial charge >= 0.3 is 0 Å². The summed E-state index contributed by atoms with van der Waals surface area (Å²) in [6.07, 6.45) is 4.14. The Kier molecular flexibility index (Phi) is 5.37. The molecule has 24 heavy (non-hydrogen) atoms. The maximum atomic E-state index is 12.2. The minimum absolute atomic E-state index is 0.0353. The Balaban J connectivity index is 1.47. The molecule has 0 atom stereocenters. The lowest BCUT2D eigenvalue weighted by Gasteiger charge is -2.33. The fourth-order valence-electron chi connectivity index (χ4n) is 2.54.